The van der Waals surface area contributed by atoms with Gasteiger partial charge in [0.15, 0.2) is 0 Å². The molecule has 0 bridgehead atoms. The van der Waals surface area contributed by atoms with E-state index < -0.39 is 0 Å². The van der Waals surface area contributed by atoms with Crippen molar-refractivity contribution in [2.75, 3.05) is 11.9 Å². The van der Waals surface area contributed by atoms with Crippen LogP contribution in [0.1, 0.15) is 18.9 Å². The van der Waals surface area contributed by atoms with Gasteiger partial charge in [-0.15, -0.1) is 0 Å². The Morgan fingerprint density at radius 1 is 1.30 bits per heavy atom. The first-order chi connectivity index (χ1) is 9.56. The topological polar surface area (TPSA) is 63.8 Å². The Bertz CT molecular complexity index is 567. The van der Waals surface area contributed by atoms with E-state index in [1.54, 1.807) is 0 Å². The largest absolute Gasteiger partial charge is 0.354 e. The van der Waals surface area contributed by atoms with Crippen molar-refractivity contribution in [2.24, 2.45) is 5.73 Å². The van der Waals surface area contributed by atoms with Gasteiger partial charge in [-0.05, 0) is 43.5 Å². The van der Waals surface area contributed by atoms with Gasteiger partial charge in [0.1, 0.15) is 0 Å². The van der Waals surface area contributed by atoms with Crippen molar-refractivity contribution in [3.8, 4) is 11.1 Å². The van der Waals surface area contributed by atoms with Gasteiger partial charge >= 0.3 is 0 Å². The van der Waals surface area contributed by atoms with Crippen molar-refractivity contribution in [3.05, 3.63) is 40.6 Å². The van der Waals surface area contributed by atoms with Crippen LogP contribution < -0.4 is 11.1 Å². The fourth-order valence-electron chi connectivity index (χ4n) is 1.88. The first-order valence-corrected chi connectivity index (χ1v) is 7.43. The minimum absolute atomic E-state index is 0.186. The minimum Gasteiger partial charge on any atom is -0.354 e. The highest BCUT2D eigenvalue weighted by Crippen LogP contribution is 2.26. The Morgan fingerprint density at radius 3 is 2.65 bits per heavy atom. The second-order valence-electron chi connectivity index (χ2n) is 4.95. The number of halogens is 1. The van der Waals surface area contributed by atoms with Crippen molar-refractivity contribution >= 4 is 21.9 Å². The van der Waals surface area contributed by atoms with Gasteiger partial charge in [0, 0.05) is 35.0 Å². The first-order valence-electron chi connectivity index (χ1n) is 6.64. The molecule has 0 amide bonds. The van der Waals surface area contributed by atoms with Crippen LogP contribution in [0.4, 0.5) is 5.95 Å². The SMILES string of the molecule is Cc1ccc(Br)cc1-c1cnc(NCCC(C)N)nc1. The number of hydrogen-bond donors (Lipinski definition) is 2. The van der Waals surface area contributed by atoms with Crippen LogP contribution in [0, 0.1) is 6.92 Å². The average molecular weight is 335 g/mol. The third-order valence-electron chi connectivity index (χ3n) is 3.05. The summed E-state index contributed by atoms with van der Waals surface area (Å²) in [7, 11) is 0. The molecular formula is C15H19BrN4. The highest BCUT2D eigenvalue weighted by molar-refractivity contribution is 9.10. The van der Waals surface area contributed by atoms with Crippen molar-refractivity contribution in [2.45, 2.75) is 26.3 Å². The predicted octanol–water partition coefficient (Wildman–Crippen LogP) is 3.36. The van der Waals surface area contributed by atoms with Crippen LogP contribution in [0.5, 0.6) is 0 Å². The van der Waals surface area contributed by atoms with E-state index >= 15 is 0 Å². The van der Waals surface area contributed by atoms with Crippen LogP contribution >= 0.6 is 15.9 Å². The summed E-state index contributed by atoms with van der Waals surface area (Å²) in [5.41, 5.74) is 9.06. The molecule has 0 aliphatic rings. The summed E-state index contributed by atoms with van der Waals surface area (Å²) in [6.07, 6.45) is 4.59. The quantitative estimate of drug-likeness (QED) is 0.879. The predicted molar refractivity (Wildman–Crippen MR) is 86.7 cm³/mol. The number of benzene rings is 1. The average Bonchev–Trinajstić information content (AvgIpc) is 2.42. The number of aromatic nitrogens is 2. The summed E-state index contributed by atoms with van der Waals surface area (Å²) in [6.45, 7) is 4.85. The molecule has 20 heavy (non-hydrogen) atoms. The lowest BCUT2D eigenvalue weighted by Crippen LogP contribution is -2.19. The molecule has 3 N–H and O–H groups in total. The van der Waals surface area contributed by atoms with Gasteiger partial charge in [0.2, 0.25) is 5.95 Å². The molecule has 0 saturated carbocycles. The van der Waals surface area contributed by atoms with Gasteiger partial charge in [-0.3, -0.25) is 0 Å². The number of anilines is 1. The van der Waals surface area contributed by atoms with E-state index in [4.69, 9.17) is 5.73 Å². The van der Waals surface area contributed by atoms with Gasteiger partial charge < -0.3 is 11.1 Å². The lowest BCUT2D eigenvalue weighted by Gasteiger charge is -2.09. The molecule has 1 unspecified atom stereocenters. The van der Waals surface area contributed by atoms with E-state index in [1.807, 2.05) is 25.4 Å². The van der Waals surface area contributed by atoms with Crippen molar-refractivity contribution in [1.29, 1.82) is 0 Å². The molecule has 0 aliphatic carbocycles. The fraction of sp³-hybridized carbons (Fsp3) is 0.333. The number of hydrogen-bond acceptors (Lipinski definition) is 4. The highest BCUT2D eigenvalue weighted by Gasteiger charge is 2.04. The molecule has 0 radical (unpaired) electrons. The van der Waals surface area contributed by atoms with Gasteiger partial charge in [0.25, 0.3) is 0 Å². The normalized spacial score (nSPS) is 12.2. The Morgan fingerprint density at radius 2 is 2.00 bits per heavy atom. The Kier molecular flexibility index (Phi) is 5.09. The summed E-state index contributed by atoms with van der Waals surface area (Å²) in [5, 5.41) is 3.17. The van der Waals surface area contributed by atoms with E-state index in [2.05, 4.69) is 50.3 Å². The molecule has 4 nitrogen and oxygen atoms in total. The standard InChI is InChI=1S/C15H19BrN4/c1-10-3-4-13(16)7-14(10)12-8-19-15(20-9-12)18-6-5-11(2)17/h3-4,7-9,11H,5-6,17H2,1-2H3,(H,18,19,20). The molecule has 5 heteroatoms. The van der Waals surface area contributed by atoms with Gasteiger partial charge in [-0.25, -0.2) is 9.97 Å². The van der Waals surface area contributed by atoms with Crippen LogP contribution in [-0.4, -0.2) is 22.6 Å². The summed E-state index contributed by atoms with van der Waals surface area (Å²) < 4.78 is 1.05. The lowest BCUT2D eigenvalue weighted by molar-refractivity contribution is 0.688. The Balaban J connectivity index is 2.09. The smallest absolute Gasteiger partial charge is 0.222 e. The third kappa shape index (κ3) is 4.02. The molecular weight excluding hydrogens is 316 g/mol. The molecule has 1 aromatic heterocycles. The Labute approximate surface area is 128 Å². The first kappa shape index (κ1) is 14.9. The zero-order valence-corrected chi connectivity index (χ0v) is 13.3. The number of nitrogens with zero attached hydrogens (tertiary/aromatic N) is 2. The molecule has 1 atom stereocenters. The molecule has 2 rings (SSSR count). The zero-order valence-electron chi connectivity index (χ0n) is 11.7. The molecule has 1 heterocycles. The maximum atomic E-state index is 5.70. The highest BCUT2D eigenvalue weighted by atomic mass is 79.9. The number of rotatable bonds is 5. The minimum atomic E-state index is 0.186. The Hall–Kier alpha value is -1.46. The summed E-state index contributed by atoms with van der Waals surface area (Å²) >= 11 is 3.49. The van der Waals surface area contributed by atoms with Crippen LogP contribution in [0.3, 0.4) is 0 Å². The second kappa shape index (κ2) is 6.81. The summed E-state index contributed by atoms with van der Waals surface area (Å²) in [6, 6.07) is 6.38. The lowest BCUT2D eigenvalue weighted by atomic mass is 10.0. The van der Waals surface area contributed by atoms with Crippen LogP contribution in [0.2, 0.25) is 0 Å². The zero-order chi connectivity index (χ0) is 14.5. The van der Waals surface area contributed by atoms with E-state index in [1.165, 1.54) is 5.56 Å². The van der Waals surface area contributed by atoms with Gasteiger partial charge in [-0.2, -0.15) is 0 Å². The number of aryl methyl sites for hydroxylation is 1. The van der Waals surface area contributed by atoms with Gasteiger partial charge in [0.05, 0.1) is 0 Å². The van der Waals surface area contributed by atoms with Crippen LogP contribution in [0.25, 0.3) is 11.1 Å². The molecule has 2 aromatic rings. The molecule has 0 fully saturated rings. The molecule has 0 aliphatic heterocycles. The number of nitrogens with two attached hydrogens (primary N) is 1. The fourth-order valence-corrected chi connectivity index (χ4v) is 2.24. The molecule has 0 saturated heterocycles. The molecule has 1 aromatic carbocycles. The van der Waals surface area contributed by atoms with Crippen molar-refractivity contribution in [1.82, 2.24) is 9.97 Å². The maximum absolute atomic E-state index is 5.70. The van der Waals surface area contributed by atoms with Gasteiger partial charge in [-0.1, -0.05) is 22.0 Å². The number of nitrogens with one attached hydrogen (secondary N) is 1. The molecule has 0 spiro atoms. The van der Waals surface area contributed by atoms with Crippen LogP contribution in [-0.2, 0) is 0 Å². The second-order valence-corrected chi connectivity index (χ2v) is 5.86. The van der Waals surface area contributed by atoms with E-state index in [0.717, 1.165) is 28.6 Å². The summed E-state index contributed by atoms with van der Waals surface area (Å²) in [5.74, 6) is 0.641. The van der Waals surface area contributed by atoms with E-state index in [9.17, 15) is 0 Å². The molecule has 106 valence electrons. The van der Waals surface area contributed by atoms with E-state index in [0.29, 0.717) is 5.95 Å². The third-order valence-corrected chi connectivity index (χ3v) is 3.54. The van der Waals surface area contributed by atoms with Crippen molar-refractivity contribution in [3.63, 3.8) is 0 Å². The maximum Gasteiger partial charge on any atom is 0.222 e. The summed E-state index contributed by atoms with van der Waals surface area (Å²) in [4.78, 5) is 8.69. The monoisotopic (exact) mass is 334 g/mol. The van der Waals surface area contributed by atoms with E-state index in [-0.39, 0.29) is 6.04 Å². The van der Waals surface area contributed by atoms with Crippen molar-refractivity contribution < 1.29 is 0 Å². The van der Waals surface area contributed by atoms with Crippen LogP contribution in [0.15, 0.2) is 35.1 Å².